The van der Waals surface area contributed by atoms with Crippen molar-refractivity contribution < 1.29 is 14.4 Å². The third-order valence-electron chi connectivity index (χ3n) is 3.35. The molecule has 21 heavy (non-hydrogen) atoms. The van der Waals surface area contributed by atoms with Gasteiger partial charge in [0.15, 0.2) is 0 Å². The lowest BCUT2D eigenvalue weighted by Gasteiger charge is -2.13. The van der Waals surface area contributed by atoms with Gasteiger partial charge in [-0.3, -0.25) is 10.1 Å². The van der Waals surface area contributed by atoms with Gasteiger partial charge in [0.1, 0.15) is 11.5 Å². The maximum atomic E-state index is 11.4. The zero-order valence-corrected chi connectivity index (χ0v) is 12.0. The Labute approximate surface area is 123 Å². The molecule has 0 spiro atoms. The van der Waals surface area contributed by atoms with Crippen molar-refractivity contribution in [1.82, 2.24) is 0 Å². The minimum absolute atomic E-state index is 0.265. The van der Waals surface area contributed by atoms with Crippen LogP contribution in [0.15, 0.2) is 48.5 Å². The van der Waals surface area contributed by atoms with Crippen LogP contribution in [0.2, 0.25) is 0 Å². The molecule has 0 bridgehead atoms. The van der Waals surface area contributed by atoms with E-state index in [-0.39, 0.29) is 11.3 Å². The predicted octanol–water partition coefficient (Wildman–Crippen LogP) is 3.26. The number of nitro groups is 1. The normalized spacial score (nSPS) is 11.7. The quantitative estimate of drug-likeness (QED) is 0.604. The summed E-state index contributed by atoms with van der Waals surface area (Å²) in [6, 6.07) is 13.5. The summed E-state index contributed by atoms with van der Waals surface area (Å²) in [7, 11) is 3.11. The van der Waals surface area contributed by atoms with Crippen molar-refractivity contribution in [1.29, 1.82) is 0 Å². The van der Waals surface area contributed by atoms with Crippen molar-refractivity contribution in [3.05, 3.63) is 69.8 Å². The number of nitrogens with zero attached hydrogens (tertiary/aromatic N) is 1. The van der Waals surface area contributed by atoms with E-state index in [1.54, 1.807) is 56.7 Å². The average Bonchev–Trinajstić information content (AvgIpc) is 2.53. The van der Waals surface area contributed by atoms with Crippen LogP contribution in [0.1, 0.15) is 17.2 Å². The van der Waals surface area contributed by atoms with Gasteiger partial charge in [0.25, 0.3) is 0 Å². The molecule has 0 aliphatic carbocycles. The molecular weight excluding hydrogens is 270 g/mol. The fourth-order valence-corrected chi connectivity index (χ4v) is 2.22. The molecule has 1 unspecified atom stereocenters. The van der Waals surface area contributed by atoms with Gasteiger partial charge < -0.3 is 9.47 Å². The molecule has 0 amide bonds. The highest BCUT2D eigenvalue weighted by atomic mass is 16.6. The number of rotatable bonds is 6. The fourth-order valence-electron chi connectivity index (χ4n) is 2.22. The zero-order valence-electron chi connectivity index (χ0n) is 12.0. The topological polar surface area (TPSA) is 61.6 Å². The van der Waals surface area contributed by atoms with Gasteiger partial charge in [0, 0.05) is 28.5 Å². The van der Waals surface area contributed by atoms with Crippen LogP contribution in [0, 0.1) is 10.1 Å². The number of methoxy groups -OCH3 is 2. The van der Waals surface area contributed by atoms with Crippen LogP contribution in [-0.4, -0.2) is 19.1 Å². The van der Waals surface area contributed by atoms with Gasteiger partial charge in [0.05, 0.1) is 14.2 Å². The van der Waals surface area contributed by atoms with Crippen molar-refractivity contribution in [3.8, 4) is 11.5 Å². The van der Waals surface area contributed by atoms with Crippen LogP contribution < -0.4 is 9.47 Å². The molecule has 0 aliphatic rings. The van der Waals surface area contributed by atoms with Crippen LogP contribution in [0.3, 0.4) is 0 Å². The van der Waals surface area contributed by atoms with Crippen LogP contribution in [0.4, 0.5) is 0 Å². The second-order valence-corrected chi connectivity index (χ2v) is 4.59. The number of hydrogen-bond acceptors (Lipinski definition) is 4. The van der Waals surface area contributed by atoms with Gasteiger partial charge in [0.2, 0.25) is 6.04 Å². The van der Waals surface area contributed by atoms with Crippen molar-refractivity contribution in [2.75, 3.05) is 14.2 Å². The van der Waals surface area contributed by atoms with E-state index >= 15 is 0 Å². The zero-order chi connectivity index (χ0) is 15.2. The highest BCUT2D eigenvalue weighted by Crippen LogP contribution is 2.30. The highest BCUT2D eigenvalue weighted by molar-refractivity contribution is 5.41. The number of benzene rings is 2. The molecule has 0 aromatic heterocycles. The lowest BCUT2D eigenvalue weighted by atomic mass is 9.98. The van der Waals surface area contributed by atoms with Gasteiger partial charge in [-0.25, -0.2) is 0 Å². The molecule has 0 saturated heterocycles. The third-order valence-corrected chi connectivity index (χ3v) is 3.35. The smallest absolute Gasteiger partial charge is 0.242 e. The van der Waals surface area contributed by atoms with Gasteiger partial charge in [-0.05, 0) is 6.07 Å². The third kappa shape index (κ3) is 3.51. The monoisotopic (exact) mass is 287 g/mol. The molecule has 0 N–H and O–H groups in total. The van der Waals surface area contributed by atoms with Crippen molar-refractivity contribution in [2.24, 2.45) is 0 Å². The molecular formula is C16H17NO4. The van der Waals surface area contributed by atoms with E-state index in [0.29, 0.717) is 17.1 Å². The predicted molar refractivity (Wildman–Crippen MR) is 79.4 cm³/mol. The van der Waals surface area contributed by atoms with Gasteiger partial charge in [-0.15, -0.1) is 0 Å². The lowest BCUT2D eigenvalue weighted by Crippen LogP contribution is -2.14. The van der Waals surface area contributed by atoms with Gasteiger partial charge >= 0.3 is 0 Å². The Balaban J connectivity index is 2.31. The van der Waals surface area contributed by atoms with Crippen LogP contribution in [0.25, 0.3) is 0 Å². The first-order valence-corrected chi connectivity index (χ1v) is 6.55. The Morgan fingerprint density at radius 2 is 1.81 bits per heavy atom. The van der Waals surface area contributed by atoms with Gasteiger partial charge in [-0.1, -0.05) is 36.4 Å². The summed E-state index contributed by atoms with van der Waals surface area (Å²) >= 11 is 0. The van der Waals surface area contributed by atoms with Crippen LogP contribution >= 0.6 is 0 Å². The molecule has 5 nitrogen and oxygen atoms in total. The molecule has 2 rings (SSSR count). The van der Waals surface area contributed by atoms with E-state index in [4.69, 9.17) is 9.47 Å². The molecule has 0 radical (unpaired) electrons. The molecule has 5 heteroatoms. The van der Waals surface area contributed by atoms with E-state index in [1.807, 2.05) is 6.07 Å². The summed E-state index contributed by atoms with van der Waals surface area (Å²) in [5, 5.41) is 11.4. The Kier molecular flexibility index (Phi) is 4.77. The van der Waals surface area contributed by atoms with E-state index in [0.717, 1.165) is 5.56 Å². The van der Waals surface area contributed by atoms with Crippen LogP contribution in [0.5, 0.6) is 11.5 Å². The largest absolute Gasteiger partial charge is 0.497 e. The first-order valence-electron chi connectivity index (χ1n) is 6.55. The lowest BCUT2D eigenvalue weighted by molar-refractivity contribution is -0.528. The molecule has 0 fully saturated rings. The molecule has 0 aliphatic heterocycles. The Morgan fingerprint density at radius 1 is 1.10 bits per heavy atom. The van der Waals surface area contributed by atoms with E-state index in [9.17, 15) is 10.1 Å². The minimum Gasteiger partial charge on any atom is -0.497 e. The summed E-state index contributed by atoms with van der Waals surface area (Å²) in [5.74, 6) is 1.25. The molecule has 2 aromatic carbocycles. The molecule has 0 heterocycles. The summed E-state index contributed by atoms with van der Waals surface area (Å²) in [4.78, 5) is 11.1. The fraction of sp³-hybridized carbons (Fsp3) is 0.250. The van der Waals surface area contributed by atoms with Crippen LogP contribution in [-0.2, 0) is 6.42 Å². The number of hydrogen-bond donors (Lipinski definition) is 0. The average molecular weight is 287 g/mol. The van der Waals surface area contributed by atoms with E-state index in [1.165, 1.54) is 0 Å². The Morgan fingerprint density at radius 3 is 2.38 bits per heavy atom. The standard InChI is InChI=1S/C16H17NO4/c1-20-14-9-8-13(16(11-14)21-2)10-15(17(18)19)12-6-4-3-5-7-12/h3-9,11,15H,10H2,1-2H3. The molecule has 0 saturated carbocycles. The minimum atomic E-state index is -0.798. The molecule has 110 valence electrons. The number of ether oxygens (including phenoxy) is 2. The Hall–Kier alpha value is -2.56. The van der Waals surface area contributed by atoms with Gasteiger partial charge in [-0.2, -0.15) is 0 Å². The first-order chi connectivity index (χ1) is 10.2. The first kappa shape index (κ1) is 14.8. The maximum Gasteiger partial charge on any atom is 0.242 e. The maximum absolute atomic E-state index is 11.4. The summed E-state index contributed by atoms with van der Waals surface area (Å²) in [6.45, 7) is 0. The second-order valence-electron chi connectivity index (χ2n) is 4.59. The van der Waals surface area contributed by atoms with E-state index in [2.05, 4.69) is 0 Å². The van der Waals surface area contributed by atoms with Crippen molar-refractivity contribution in [2.45, 2.75) is 12.5 Å². The summed E-state index contributed by atoms with van der Waals surface area (Å²) in [6.07, 6.45) is 0.268. The summed E-state index contributed by atoms with van der Waals surface area (Å²) in [5.41, 5.74) is 1.46. The van der Waals surface area contributed by atoms with Crippen molar-refractivity contribution in [3.63, 3.8) is 0 Å². The van der Waals surface area contributed by atoms with E-state index < -0.39 is 6.04 Å². The Bertz CT molecular complexity index is 613. The second kappa shape index (κ2) is 6.74. The highest BCUT2D eigenvalue weighted by Gasteiger charge is 2.24. The molecule has 2 aromatic rings. The van der Waals surface area contributed by atoms with Crippen molar-refractivity contribution >= 4 is 0 Å². The summed E-state index contributed by atoms with van der Waals surface area (Å²) < 4.78 is 10.4. The molecule has 1 atom stereocenters. The SMILES string of the molecule is COc1ccc(CC(c2ccccc2)[N+](=O)[O-])c(OC)c1.